The fraction of sp³-hybridized carbons (Fsp3) is 0.429. The van der Waals surface area contributed by atoms with Gasteiger partial charge in [-0.2, -0.15) is 0 Å². The van der Waals surface area contributed by atoms with Crippen LogP contribution in [0.4, 0.5) is 0 Å². The summed E-state index contributed by atoms with van der Waals surface area (Å²) < 4.78 is 4.48. The highest BCUT2D eigenvalue weighted by atomic mass is 16.6. The van der Waals surface area contributed by atoms with Crippen LogP contribution in [0, 0.1) is 19.3 Å². The van der Waals surface area contributed by atoms with Gasteiger partial charge < -0.3 is 5.32 Å². The van der Waals surface area contributed by atoms with Crippen LogP contribution < -0.4 is 5.32 Å². The molecule has 0 aromatic carbocycles. The zero-order valence-electron chi connectivity index (χ0n) is 6.29. The molecule has 0 fully saturated rings. The van der Waals surface area contributed by atoms with Crippen molar-refractivity contribution in [3.8, 4) is 12.3 Å². The first-order valence-corrected chi connectivity index (χ1v) is 3.27. The van der Waals surface area contributed by atoms with E-state index in [1.165, 1.54) is 0 Å². The van der Waals surface area contributed by atoms with Gasteiger partial charge >= 0.3 is 0 Å². The zero-order chi connectivity index (χ0) is 8.10. The van der Waals surface area contributed by atoms with Crippen molar-refractivity contribution in [1.29, 1.82) is 0 Å². The predicted octanol–water partition coefficient (Wildman–Crippen LogP) is 0.101. The summed E-state index contributed by atoms with van der Waals surface area (Å²) in [6, 6.07) is 0. The van der Waals surface area contributed by atoms with Gasteiger partial charge in [0, 0.05) is 6.54 Å². The van der Waals surface area contributed by atoms with E-state index in [9.17, 15) is 0 Å². The number of aryl methyl sites for hydroxylation is 1. The molecular weight excluding hydrogens is 142 g/mol. The lowest BCUT2D eigenvalue weighted by molar-refractivity contribution is 0.300. The van der Waals surface area contributed by atoms with Crippen LogP contribution in [-0.2, 0) is 6.54 Å². The molecule has 0 saturated carbocycles. The Morgan fingerprint density at radius 1 is 1.64 bits per heavy atom. The summed E-state index contributed by atoms with van der Waals surface area (Å²) in [7, 11) is 0. The fourth-order valence-corrected chi connectivity index (χ4v) is 0.663. The molecule has 1 rings (SSSR count). The molecule has 0 aliphatic rings. The van der Waals surface area contributed by atoms with Crippen molar-refractivity contribution < 1.29 is 4.63 Å². The topological polar surface area (TPSA) is 51.0 Å². The van der Waals surface area contributed by atoms with Crippen molar-refractivity contribution >= 4 is 0 Å². The predicted molar refractivity (Wildman–Crippen MR) is 39.6 cm³/mol. The Hall–Kier alpha value is -1.34. The van der Waals surface area contributed by atoms with E-state index >= 15 is 0 Å². The van der Waals surface area contributed by atoms with Crippen LogP contribution in [0.2, 0.25) is 0 Å². The minimum absolute atomic E-state index is 0.534. The smallest absolute Gasteiger partial charge is 0.121 e. The van der Waals surface area contributed by atoms with Crippen LogP contribution in [0.5, 0.6) is 0 Å². The average molecular weight is 151 g/mol. The molecule has 58 valence electrons. The van der Waals surface area contributed by atoms with E-state index in [1.807, 2.05) is 6.92 Å². The summed E-state index contributed by atoms with van der Waals surface area (Å²) in [4.78, 5) is 0. The summed E-state index contributed by atoms with van der Waals surface area (Å²) in [5.41, 5.74) is 1.61. The standard InChI is InChI=1S/C7H9N3O/c1-3-4-8-5-7-6(2)9-11-10-7/h1,8H,4-5H2,2H3. The number of nitrogens with one attached hydrogen (secondary N) is 1. The third kappa shape index (κ3) is 2.06. The summed E-state index contributed by atoms with van der Waals surface area (Å²) in [6.45, 7) is 2.98. The Kier molecular flexibility index (Phi) is 2.64. The highest BCUT2D eigenvalue weighted by Crippen LogP contribution is 1.98. The molecule has 4 nitrogen and oxygen atoms in total. The van der Waals surface area contributed by atoms with Gasteiger partial charge in [-0.1, -0.05) is 16.2 Å². The van der Waals surface area contributed by atoms with Crippen molar-refractivity contribution in [2.45, 2.75) is 13.5 Å². The molecule has 1 aromatic heterocycles. The minimum atomic E-state index is 0.534. The third-order valence-corrected chi connectivity index (χ3v) is 1.27. The second-order valence-electron chi connectivity index (χ2n) is 2.10. The van der Waals surface area contributed by atoms with Gasteiger partial charge in [-0.3, -0.25) is 0 Å². The van der Waals surface area contributed by atoms with Gasteiger partial charge in [0.05, 0.1) is 6.54 Å². The van der Waals surface area contributed by atoms with Crippen molar-refractivity contribution in [1.82, 2.24) is 15.6 Å². The van der Waals surface area contributed by atoms with E-state index in [1.54, 1.807) is 0 Å². The van der Waals surface area contributed by atoms with E-state index < -0.39 is 0 Å². The summed E-state index contributed by atoms with van der Waals surface area (Å²) in [5, 5.41) is 10.3. The molecule has 0 unspecified atom stereocenters. The van der Waals surface area contributed by atoms with Gasteiger partial charge in [0.15, 0.2) is 0 Å². The van der Waals surface area contributed by atoms with Gasteiger partial charge in [-0.25, -0.2) is 4.63 Å². The normalized spacial score (nSPS) is 9.45. The number of aromatic nitrogens is 2. The number of hydrogen-bond acceptors (Lipinski definition) is 4. The maximum Gasteiger partial charge on any atom is 0.121 e. The highest BCUT2D eigenvalue weighted by molar-refractivity contribution is 5.04. The average Bonchev–Trinajstić information content (AvgIpc) is 2.37. The van der Waals surface area contributed by atoms with Gasteiger partial charge in [0.2, 0.25) is 0 Å². The SMILES string of the molecule is C#CCNCc1nonc1C. The number of rotatable bonds is 3. The molecular formula is C7H9N3O. The van der Waals surface area contributed by atoms with E-state index in [0.717, 1.165) is 11.4 Å². The molecule has 0 bridgehead atoms. The number of terminal acetylenes is 1. The van der Waals surface area contributed by atoms with Crippen molar-refractivity contribution in [3.63, 3.8) is 0 Å². The Morgan fingerprint density at radius 2 is 2.45 bits per heavy atom. The Bertz CT molecular complexity index is 261. The molecule has 0 radical (unpaired) electrons. The summed E-state index contributed by atoms with van der Waals surface area (Å²) in [5.74, 6) is 2.46. The Balaban J connectivity index is 2.40. The monoisotopic (exact) mass is 151 g/mol. The van der Waals surface area contributed by atoms with E-state index in [4.69, 9.17) is 6.42 Å². The summed E-state index contributed by atoms with van der Waals surface area (Å²) in [6.07, 6.45) is 5.03. The van der Waals surface area contributed by atoms with Crippen LogP contribution in [0.1, 0.15) is 11.4 Å². The van der Waals surface area contributed by atoms with E-state index in [-0.39, 0.29) is 0 Å². The second-order valence-corrected chi connectivity index (χ2v) is 2.10. The molecule has 4 heteroatoms. The molecule has 0 spiro atoms. The van der Waals surface area contributed by atoms with Crippen LogP contribution in [0.3, 0.4) is 0 Å². The molecule has 0 atom stereocenters. The Labute approximate surface area is 64.9 Å². The second kappa shape index (κ2) is 3.74. The molecule has 1 heterocycles. The van der Waals surface area contributed by atoms with Gasteiger partial charge in [0.1, 0.15) is 11.4 Å². The van der Waals surface area contributed by atoms with Gasteiger partial charge in [0.25, 0.3) is 0 Å². The van der Waals surface area contributed by atoms with Crippen LogP contribution in [0.15, 0.2) is 4.63 Å². The van der Waals surface area contributed by atoms with Crippen molar-refractivity contribution in [2.24, 2.45) is 0 Å². The first kappa shape index (κ1) is 7.76. The number of nitrogens with zero attached hydrogens (tertiary/aromatic N) is 2. The molecule has 11 heavy (non-hydrogen) atoms. The van der Waals surface area contributed by atoms with Crippen molar-refractivity contribution in [3.05, 3.63) is 11.4 Å². The minimum Gasteiger partial charge on any atom is -0.300 e. The summed E-state index contributed by atoms with van der Waals surface area (Å²) >= 11 is 0. The number of hydrogen-bond donors (Lipinski definition) is 1. The molecule has 0 aliphatic heterocycles. The molecule has 0 aliphatic carbocycles. The first-order chi connectivity index (χ1) is 5.34. The lowest BCUT2D eigenvalue weighted by Gasteiger charge is -1.94. The third-order valence-electron chi connectivity index (χ3n) is 1.27. The van der Waals surface area contributed by atoms with Crippen LogP contribution in [0.25, 0.3) is 0 Å². The van der Waals surface area contributed by atoms with Gasteiger partial charge in [-0.05, 0) is 6.92 Å². The van der Waals surface area contributed by atoms with Crippen LogP contribution in [-0.4, -0.2) is 16.9 Å². The first-order valence-electron chi connectivity index (χ1n) is 3.27. The maximum absolute atomic E-state index is 5.03. The quantitative estimate of drug-likeness (QED) is 0.491. The molecule has 0 saturated heterocycles. The lowest BCUT2D eigenvalue weighted by atomic mass is 10.3. The van der Waals surface area contributed by atoms with E-state index in [0.29, 0.717) is 13.1 Å². The zero-order valence-corrected chi connectivity index (χ0v) is 6.29. The molecule has 1 N–H and O–H groups in total. The Morgan fingerprint density at radius 3 is 3.00 bits per heavy atom. The largest absolute Gasteiger partial charge is 0.300 e. The van der Waals surface area contributed by atoms with Crippen molar-refractivity contribution in [2.75, 3.05) is 6.54 Å². The highest BCUT2D eigenvalue weighted by Gasteiger charge is 2.02. The molecule has 0 amide bonds. The molecule has 1 aromatic rings. The van der Waals surface area contributed by atoms with Gasteiger partial charge in [-0.15, -0.1) is 6.42 Å². The van der Waals surface area contributed by atoms with E-state index in [2.05, 4.69) is 26.2 Å². The fourth-order valence-electron chi connectivity index (χ4n) is 0.663. The lowest BCUT2D eigenvalue weighted by Crippen LogP contribution is -2.13. The van der Waals surface area contributed by atoms with Crippen LogP contribution >= 0.6 is 0 Å². The maximum atomic E-state index is 5.03.